The van der Waals surface area contributed by atoms with Crippen molar-refractivity contribution in [2.24, 2.45) is 5.92 Å². The Hall–Kier alpha value is -0.770. The predicted octanol–water partition coefficient (Wildman–Crippen LogP) is 4.42. The summed E-state index contributed by atoms with van der Waals surface area (Å²) in [5.74, 6) is 0.915. The lowest BCUT2D eigenvalue weighted by Crippen LogP contribution is -2.52. The van der Waals surface area contributed by atoms with Crippen LogP contribution in [-0.4, -0.2) is 37.5 Å². The van der Waals surface area contributed by atoms with E-state index in [1.165, 1.54) is 12.8 Å². The fraction of sp³-hybridized carbons (Fsp3) is 0.650. The first kappa shape index (κ1) is 20.5. The molecular weight excluding hydrogens is 355 g/mol. The standard InChI is InChI=1S/C20H29ClN2O.ClH/c1-22-14-16-7-6-12-23(15-16)19(24)20(10-3-2-4-11-20)17-8-5-9-18(21)13-17;/h5,8-9,13,16,22H,2-4,6-7,10-12,14-15H2,1H3;1H. The third-order valence-electron chi connectivity index (χ3n) is 5.79. The molecule has 3 rings (SSSR count). The van der Waals surface area contributed by atoms with Gasteiger partial charge in [-0.3, -0.25) is 4.79 Å². The van der Waals surface area contributed by atoms with E-state index in [2.05, 4.69) is 16.3 Å². The van der Waals surface area contributed by atoms with Gasteiger partial charge in [-0.05, 0) is 62.9 Å². The number of rotatable bonds is 4. The number of carbonyl (C=O) groups is 1. The molecule has 1 amide bonds. The molecule has 5 heteroatoms. The second-order valence-electron chi connectivity index (χ2n) is 7.47. The molecule has 1 unspecified atom stereocenters. The molecule has 1 saturated heterocycles. The minimum Gasteiger partial charge on any atom is -0.342 e. The van der Waals surface area contributed by atoms with Crippen LogP contribution in [0.3, 0.4) is 0 Å². The summed E-state index contributed by atoms with van der Waals surface area (Å²) in [7, 11) is 2.00. The van der Waals surface area contributed by atoms with Crippen LogP contribution in [-0.2, 0) is 10.2 Å². The average molecular weight is 385 g/mol. The highest BCUT2D eigenvalue weighted by Gasteiger charge is 2.44. The van der Waals surface area contributed by atoms with Crippen molar-refractivity contribution in [3.8, 4) is 0 Å². The van der Waals surface area contributed by atoms with E-state index in [0.717, 1.165) is 62.3 Å². The van der Waals surface area contributed by atoms with Crippen LogP contribution in [0.4, 0.5) is 0 Å². The first-order valence-electron chi connectivity index (χ1n) is 9.36. The van der Waals surface area contributed by atoms with Crippen molar-refractivity contribution in [1.82, 2.24) is 10.2 Å². The monoisotopic (exact) mass is 384 g/mol. The summed E-state index contributed by atoms with van der Waals surface area (Å²) in [5, 5.41) is 4.00. The van der Waals surface area contributed by atoms with Crippen molar-refractivity contribution in [1.29, 1.82) is 0 Å². The number of nitrogens with zero attached hydrogens (tertiary/aromatic N) is 1. The Bertz CT molecular complexity index is 571. The lowest BCUT2D eigenvalue weighted by Gasteiger charge is -2.43. The van der Waals surface area contributed by atoms with Gasteiger partial charge in [0.25, 0.3) is 0 Å². The average Bonchev–Trinajstić information content (AvgIpc) is 2.62. The quantitative estimate of drug-likeness (QED) is 0.832. The van der Waals surface area contributed by atoms with E-state index < -0.39 is 0 Å². The van der Waals surface area contributed by atoms with Crippen molar-refractivity contribution in [3.05, 3.63) is 34.9 Å². The van der Waals surface area contributed by atoms with Crippen LogP contribution in [0.15, 0.2) is 24.3 Å². The van der Waals surface area contributed by atoms with Crippen molar-refractivity contribution < 1.29 is 4.79 Å². The lowest BCUT2D eigenvalue weighted by molar-refractivity contribution is -0.140. The van der Waals surface area contributed by atoms with E-state index >= 15 is 0 Å². The van der Waals surface area contributed by atoms with Gasteiger partial charge in [0.15, 0.2) is 0 Å². The highest BCUT2D eigenvalue weighted by molar-refractivity contribution is 6.30. The number of likely N-dealkylation sites (tertiary alicyclic amines) is 1. The molecule has 1 aromatic carbocycles. The molecule has 0 aromatic heterocycles. The van der Waals surface area contributed by atoms with Crippen molar-refractivity contribution >= 4 is 29.9 Å². The minimum atomic E-state index is -0.356. The molecule has 25 heavy (non-hydrogen) atoms. The summed E-state index contributed by atoms with van der Waals surface area (Å²) in [6.45, 7) is 2.79. The van der Waals surface area contributed by atoms with Crippen LogP contribution >= 0.6 is 24.0 Å². The van der Waals surface area contributed by atoms with Gasteiger partial charge in [0.1, 0.15) is 0 Å². The second-order valence-corrected chi connectivity index (χ2v) is 7.91. The molecule has 1 atom stereocenters. The number of hydrogen-bond acceptors (Lipinski definition) is 2. The molecule has 1 aliphatic carbocycles. The molecule has 0 spiro atoms. The number of nitrogens with one attached hydrogen (secondary N) is 1. The summed E-state index contributed by atoms with van der Waals surface area (Å²) in [5.41, 5.74) is 0.764. The van der Waals surface area contributed by atoms with E-state index in [0.29, 0.717) is 11.8 Å². The molecule has 0 radical (unpaired) electrons. The second kappa shape index (κ2) is 9.25. The molecule has 3 nitrogen and oxygen atoms in total. The molecule has 1 N–H and O–H groups in total. The third-order valence-corrected chi connectivity index (χ3v) is 6.03. The van der Waals surface area contributed by atoms with Crippen molar-refractivity contribution in [2.75, 3.05) is 26.7 Å². The van der Waals surface area contributed by atoms with Gasteiger partial charge in [0.05, 0.1) is 5.41 Å². The van der Waals surface area contributed by atoms with Crippen LogP contribution < -0.4 is 5.32 Å². The topological polar surface area (TPSA) is 32.3 Å². The predicted molar refractivity (Wildman–Crippen MR) is 107 cm³/mol. The van der Waals surface area contributed by atoms with Crippen LogP contribution in [0.2, 0.25) is 5.02 Å². The Balaban J connectivity index is 0.00000225. The Kier molecular flexibility index (Phi) is 7.60. The lowest BCUT2D eigenvalue weighted by atomic mass is 9.68. The van der Waals surface area contributed by atoms with Gasteiger partial charge >= 0.3 is 0 Å². The Morgan fingerprint density at radius 1 is 1.28 bits per heavy atom. The van der Waals surface area contributed by atoms with Gasteiger partial charge in [-0.25, -0.2) is 0 Å². The van der Waals surface area contributed by atoms with Crippen LogP contribution in [0.5, 0.6) is 0 Å². The number of benzene rings is 1. The fourth-order valence-electron chi connectivity index (χ4n) is 4.57. The van der Waals surface area contributed by atoms with Gasteiger partial charge in [0.2, 0.25) is 5.91 Å². The molecule has 2 aliphatic rings. The van der Waals surface area contributed by atoms with Crippen LogP contribution in [0.1, 0.15) is 50.5 Å². The fourth-order valence-corrected chi connectivity index (χ4v) is 4.77. The highest BCUT2D eigenvalue weighted by atomic mass is 35.5. The Morgan fingerprint density at radius 3 is 2.72 bits per heavy atom. The zero-order valence-corrected chi connectivity index (χ0v) is 16.7. The summed E-state index contributed by atoms with van der Waals surface area (Å²) in [6, 6.07) is 8.00. The largest absolute Gasteiger partial charge is 0.342 e. The molecular formula is C20H30Cl2N2O. The van der Waals surface area contributed by atoms with Gasteiger partial charge in [-0.15, -0.1) is 12.4 Å². The molecule has 1 aliphatic heterocycles. The summed E-state index contributed by atoms with van der Waals surface area (Å²) in [4.78, 5) is 15.7. The maximum atomic E-state index is 13.6. The molecule has 1 aromatic rings. The number of piperidine rings is 1. The highest BCUT2D eigenvalue weighted by Crippen LogP contribution is 2.42. The van der Waals surface area contributed by atoms with E-state index in [4.69, 9.17) is 11.6 Å². The van der Waals surface area contributed by atoms with Gasteiger partial charge < -0.3 is 10.2 Å². The Labute approximate surface area is 162 Å². The van der Waals surface area contributed by atoms with Crippen molar-refractivity contribution in [3.63, 3.8) is 0 Å². The minimum absolute atomic E-state index is 0. The molecule has 140 valence electrons. The van der Waals surface area contributed by atoms with Gasteiger partial charge in [-0.1, -0.05) is 43.0 Å². The normalized spacial score (nSPS) is 23.0. The van der Waals surface area contributed by atoms with Crippen LogP contribution in [0, 0.1) is 5.92 Å². The van der Waals surface area contributed by atoms with E-state index in [1.807, 2.05) is 25.2 Å². The van der Waals surface area contributed by atoms with E-state index in [9.17, 15) is 4.79 Å². The zero-order chi connectivity index (χ0) is 17.0. The molecule has 0 bridgehead atoms. The molecule has 2 fully saturated rings. The van der Waals surface area contributed by atoms with Gasteiger partial charge in [-0.2, -0.15) is 0 Å². The number of amides is 1. The summed E-state index contributed by atoms with van der Waals surface area (Å²) >= 11 is 6.25. The van der Waals surface area contributed by atoms with E-state index in [1.54, 1.807) is 0 Å². The van der Waals surface area contributed by atoms with Crippen LogP contribution in [0.25, 0.3) is 0 Å². The van der Waals surface area contributed by atoms with Gasteiger partial charge in [0, 0.05) is 18.1 Å². The van der Waals surface area contributed by atoms with Crippen molar-refractivity contribution in [2.45, 2.75) is 50.4 Å². The third kappa shape index (κ3) is 4.50. The number of carbonyl (C=O) groups excluding carboxylic acids is 1. The smallest absolute Gasteiger partial charge is 0.233 e. The summed E-state index contributed by atoms with van der Waals surface area (Å²) in [6.07, 6.45) is 7.74. The van der Waals surface area contributed by atoms with E-state index in [-0.39, 0.29) is 17.8 Å². The summed E-state index contributed by atoms with van der Waals surface area (Å²) < 4.78 is 0. The SMILES string of the molecule is CNCC1CCCN(C(=O)C2(c3cccc(Cl)c3)CCCCC2)C1.Cl. The first-order chi connectivity index (χ1) is 11.7. The first-order valence-corrected chi connectivity index (χ1v) is 9.73. The Morgan fingerprint density at radius 2 is 2.04 bits per heavy atom. The molecule has 1 saturated carbocycles. The molecule has 1 heterocycles. The number of hydrogen-bond donors (Lipinski definition) is 1. The maximum Gasteiger partial charge on any atom is 0.233 e. The zero-order valence-electron chi connectivity index (χ0n) is 15.1. The maximum absolute atomic E-state index is 13.6. The number of halogens is 2.